The molecule has 5 aromatic rings. The van der Waals surface area contributed by atoms with Crippen LogP contribution in [0, 0.1) is 13.8 Å². The fourth-order valence-electron chi connectivity index (χ4n) is 4.87. The van der Waals surface area contributed by atoms with Crippen molar-refractivity contribution in [2.45, 2.75) is 26.8 Å². The average molecular weight is 466 g/mol. The fraction of sp³-hybridized carbons (Fsp3) is 0.167. The summed E-state index contributed by atoms with van der Waals surface area (Å²) < 4.78 is 13.5. The molecule has 0 aliphatic heterocycles. The molecule has 0 aliphatic rings. The molecule has 1 heterocycles. The lowest BCUT2D eigenvalue weighted by molar-refractivity contribution is 0.141. The van der Waals surface area contributed by atoms with Gasteiger partial charge in [-0.15, -0.1) is 0 Å². The molecule has 5 rings (SSSR count). The van der Waals surface area contributed by atoms with Crippen molar-refractivity contribution in [3.8, 4) is 22.8 Å². The zero-order chi connectivity index (χ0) is 24.4. The number of benzene rings is 4. The molecule has 0 aliphatic carbocycles. The lowest BCUT2D eigenvalue weighted by atomic mass is 9.95. The van der Waals surface area contributed by atoms with Crippen LogP contribution in [0.4, 0.5) is 4.79 Å². The van der Waals surface area contributed by atoms with Crippen LogP contribution in [-0.2, 0) is 6.54 Å². The summed E-state index contributed by atoms with van der Waals surface area (Å²) >= 11 is 0. The second-order valence-corrected chi connectivity index (χ2v) is 8.66. The first-order valence-electron chi connectivity index (χ1n) is 11.7. The number of aryl methyl sites for hydroxylation is 3. The number of hydrogen-bond acceptors (Lipinski definition) is 3. The maximum atomic E-state index is 11.7. The normalized spacial score (nSPS) is 11.1. The van der Waals surface area contributed by atoms with Crippen molar-refractivity contribution in [2.24, 2.45) is 0 Å². The van der Waals surface area contributed by atoms with E-state index in [0.717, 1.165) is 49.7 Å². The number of fused-ring (bicyclic) bond motifs is 2. The predicted octanol–water partition coefficient (Wildman–Crippen LogP) is 7.60. The quantitative estimate of drug-likeness (QED) is 0.199. The highest BCUT2D eigenvalue weighted by atomic mass is 16.7. The zero-order valence-corrected chi connectivity index (χ0v) is 19.8. The standard InChI is InChI=1S/C30H27NO4/c1-20-10-7-11-21(2)27(20)28-24-15-5-6-16-25(24)31(29(28)35-30(32)33)18-9-19-34-26-17-8-13-22-12-3-4-14-23(22)26/h3-8,10-17H,9,18-19H2,1-2H3,(H,32,33). The molecule has 0 saturated heterocycles. The van der Waals surface area contributed by atoms with Crippen molar-refractivity contribution in [3.63, 3.8) is 0 Å². The van der Waals surface area contributed by atoms with Gasteiger partial charge in [-0.3, -0.25) is 0 Å². The summed E-state index contributed by atoms with van der Waals surface area (Å²) in [5.74, 6) is 1.19. The first-order valence-corrected chi connectivity index (χ1v) is 11.7. The molecular formula is C30H27NO4. The highest BCUT2D eigenvalue weighted by Gasteiger charge is 2.24. The van der Waals surface area contributed by atoms with Crippen LogP contribution in [0.15, 0.2) is 84.9 Å². The Kier molecular flexibility index (Phi) is 6.15. The number of aromatic nitrogens is 1. The Hall–Kier alpha value is -4.25. The number of para-hydroxylation sites is 1. The van der Waals surface area contributed by atoms with Gasteiger partial charge in [0.05, 0.1) is 17.7 Å². The van der Waals surface area contributed by atoms with Gasteiger partial charge in [-0.2, -0.15) is 0 Å². The molecule has 0 saturated carbocycles. The van der Waals surface area contributed by atoms with E-state index in [0.29, 0.717) is 25.5 Å². The Bertz CT molecular complexity index is 1510. The van der Waals surface area contributed by atoms with Crippen LogP contribution in [0.5, 0.6) is 11.6 Å². The molecule has 4 aromatic carbocycles. The Morgan fingerprint density at radius 2 is 1.46 bits per heavy atom. The summed E-state index contributed by atoms with van der Waals surface area (Å²) in [6.07, 6.45) is -0.641. The van der Waals surface area contributed by atoms with E-state index in [9.17, 15) is 9.90 Å². The smallest absolute Gasteiger partial charge is 0.493 e. The van der Waals surface area contributed by atoms with Crippen molar-refractivity contribution in [3.05, 3.63) is 96.1 Å². The van der Waals surface area contributed by atoms with E-state index in [-0.39, 0.29) is 0 Å². The maximum Gasteiger partial charge on any atom is 0.512 e. The van der Waals surface area contributed by atoms with Crippen molar-refractivity contribution in [1.29, 1.82) is 0 Å². The van der Waals surface area contributed by atoms with Gasteiger partial charge in [-0.25, -0.2) is 4.79 Å². The molecule has 0 spiro atoms. The minimum Gasteiger partial charge on any atom is -0.493 e. The number of carboxylic acid groups (broad SMARTS) is 1. The summed E-state index contributed by atoms with van der Waals surface area (Å²) in [4.78, 5) is 11.7. The minimum atomic E-state index is -1.33. The van der Waals surface area contributed by atoms with Crippen LogP contribution < -0.4 is 9.47 Å². The molecular weight excluding hydrogens is 438 g/mol. The SMILES string of the molecule is Cc1cccc(C)c1-c1c(OC(=O)O)n(CCCOc2cccc3ccccc23)c2ccccc12. The maximum absolute atomic E-state index is 11.7. The van der Waals surface area contributed by atoms with Gasteiger partial charge in [0.25, 0.3) is 0 Å². The van der Waals surface area contributed by atoms with Gasteiger partial charge < -0.3 is 19.1 Å². The highest BCUT2D eigenvalue weighted by molar-refractivity contribution is 6.02. The molecule has 0 unspecified atom stereocenters. The lowest BCUT2D eigenvalue weighted by Crippen LogP contribution is -2.11. The number of nitrogens with zero attached hydrogens (tertiary/aromatic N) is 1. The molecule has 0 bridgehead atoms. The third kappa shape index (κ3) is 4.33. The number of ether oxygens (including phenoxy) is 2. The minimum absolute atomic E-state index is 0.348. The third-order valence-corrected chi connectivity index (χ3v) is 6.37. The molecule has 0 radical (unpaired) electrons. The topological polar surface area (TPSA) is 60.7 Å². The van der Waals surface area contributed by atoms with E-state index in [1.54, 1.807) is 0 Å². The summed E-state index contributed by atoms with van der Waals surface area (Å²) in [5, 5.41) is 12.8. The van der Waals surface area contributed by atoms with Gasteiger partial charge in [-0.05, 0) is 54.5 Å². The molecule has 35 heavy (non-hydrogen) atoms. The van der Waals surface area contributed by atoms with E-state index >= 15 is 0 Å². The van der Waals surface area contributed by atoms with Gasteiger partial charge in [0.15, 0.2) is 0 Å². The summed E-state index contributed by atoms with van der Waals surface area (Å²) in [6.45, 7) is 5.12. The van der Waals surface area contributed by atoms with E-state index in [1.165, 1.54) is 0 Å². The summed E-state index contributed by atoms with van der Waals surface area (Å²) in [6, 6.07) is 28.2. The molecule has 0 amide bonds. The van der Waals surface area contributed by atoms with Crippen molar-refractivity contribution in [2.75, 3.05) is 6.61 Å². The largest absolute Gasteiger partial charge is 0.512 e. The van der Waals surface area contributed by atoms with Crippen molar-refractivity contribution >= 4 is 27.8 Å². The van der Waals surface area contributed by atoms with Crippen LogP contribution in [0.25, 0.3) is 32.8 Å². The van der Waals surface area contributed by atoms with Crippen LogP contribution in [0.3, 0.4) is 0 Å². The Morgan fingerprint density at radius 1 is 0.800 bits per heavy atom. The molecule has 1 N–H and O–H groups in total. The van der Waals surface area contributed by atoms with Crippen molar-refractivity contribution in [1.82, 2.24) is 4.57 Å². The predicted molar refractivity (Wildman–Crippen MR) is 140 cm³/mol. The zero-order valence-electron chi connectivity index (χ0n) is 19.8. The van der Waals surface area contributed by atoms with Crippen LogP contribution >= 0.6 is 0 Å². The Labute approximate surface area is 204 Å². The second kappa shape index (κ2) is 9.55. The van der Waals surface area contributed by atoms with Gasteiger partial charge in [-0.1, -0.05) is 72.8 Å². The van der Waals surface area contributed by atoms with Crippen molar-refractivity contribution < 1.29 is 19.4 Å². The fourth-order valence-corrected chi connectivity index (χ4v) is 4.87. The van der Waals surface area contributed by atoms with Gasteiger partial charge in [0.1, 0.15) is 5.75 Å². The highest BCUT2D eigenvalue weighted by Crippen LogP contribution is 2.43. The van der Waals surface area contributed by atoms with Crippen LogP contribution in [0.1, 0.15) is 17.5 Å². The van der Waals surface area contributed by atoms with Gasteiger partial charge >= 0.3 is 6.16 Å². The molecule has 5 heteroatoms. The van der Waals surface area contributed by atoms with Gasteiger partial charge in [0.2, 0.25) is 5.88 Å². The molecule has 0 atom stereocenters. The van der Waals surface area contributed by atoms with E-state index in [1.807, 2.05) is 85.1 Å². The van der Waals surface area contributed by atoms with E-state index in [4.69, 9.17) is 9.47 Å². The summed E-state index contributed by atoms with van der Waals surface area (Å²) in [7, 11) is 0. The molecule has 176 valence electrons. The molecule has 5 nitrogen and oxygen atoms in total. The Morgan fingerprint density at radius 3 is 2.23 bits per heavy atom. The lowest BCUT2D eigenvalue weighted by Gasteiger charge is -2.14. The van der Waals surface area contributed by atoms with Crippen LogP contribution in [-0.4, -0.2) is 22.4 Å². The molecule has 1 aromatic heterocycles. The first-order chi connectivity index (χ1) is 17.0. The average Bonchev–Trinajstić information content (AvgIpc) is 3.14. The third-order valence-electron chi connectivity index (χ3n) is 6.37. The Balaban J connectivity index is 1.49. The number of rotatable bonds is 7. The number of hydrogen-bond donors (Lipinski definition) is 1. The van der Waals surface area contributed by atoms with E-state index in [2.05, 4.69) is 18.2 Å². The number of carbonyl (C=O) groups is 1. The monoisotopic (exact) mass is 465 g/mol. The van der Waals surface area contributed by atoms with E-state index < -0.39 is 6.16 Å². The second-order valence-electron chi connectivity index (χ2n) is 8.66. The van der Waals surface area contributed by atoms with Crippen LogP contribution in [0.2, 0.25) is 0 Å². The summed E-state index contributed by atoms with van der Waals surface area (Å²) in [5.41, 5.74) is 4.90. The van der Waals surface area contributed by atoms with Gasteiger partial charge in [0, 0.05) is 17.3 Å². The first kappa shape index (κ1) is 22.5. The molecule has 0 fully saturated rings.